The van der Waals surface area contributed by atoms with Crippen molar-refractivity contribution in [2.75, 3.05) is 19.6 Å². The van der Waals surface area contributed by atoms with Gasteiger partial charge in [-0.05, 0) is 37.5 Å². The number of fused-ring (bicyclic) bond motifs is 1. The molecule has 7 nitrogen and oxygen atoms in total. The van der Waals surface area contributed by atoms with Crippen molar-refractivity contribution in [3.63, 3.8) is 0 Å². The van der Waals surface area contributed by atoms with Crippen LogP contribution in [0.4, 0.5) is 4.79 Å². The Morgan fingerprint density at radius 1 is 1.24 bits per heavy atom. The number of hydrogen-bond acceptors (Lipinski definition) is 4. The highest BCUT2D eigenvalue weighted by Crippen LogP contribution is 2.30. The van der Waals surface area contributed by atoms with Crippen molar-refractivity contribution >= 4 is 6.03 Å². The maximum absolute atomic E-state index is 12.6. The predicted molar refractivity (Wildman–Crippen MR) is 95.2 cm³/mol. The zero-order valence-electron chi connectivity index (χ0n) is 15.4. The van der Waals surface area contributed by atoms with E-state index in [9.17, 15) is 4.79 Å². The normalized spacial score (nSPS) is 24.5. The van der Waals surface area contributed by atoms with Gasteiger partial charge in [-0.3, -0.25) is 0 Å². The number of nitrogens with zero attached hydrogens (tertiary/aromatic N) is 4. The molecule has 0 bridgehead atoms. The zero-order chi connectivity index (χ0) is 17.4. The second kappa shape index (κ2) is 6.94. The Balaban J connectivity index is 1.33. The van der Waals surface area contributed by atoms with Gasteiger partial charge >= 0.3 is 6.03 Å². The maximum Gasteiger partial charge on any atom is 0.315 e. The molecule has 1 saturated carbocycles. The van der Waals surface area contributed by atoms with Crippen LogP contribution in [0.1, 0.15) is 57.2 Å². The van der Waals surface area contributed by atoms with Gasteiger partial charge in [-0.2, -0.15) is 0 Å². The lowest BCUT2D eigenvalue weighted by Crippen LogP contribution is -2.46. The number of likely N-dealkylation sites (tertiary alicyclic amines) is 1. The molecule has 1 saturated heterocycles. The third-order valence-corrected chi connectivity index (χ3v) is 5.69. The summed E-state index contributed by atoms with van der Waals surface area (Å²) in [4.78, 5) is 15.0. The number of aryl methyl sites for hydroxylation is 1. The summed E-state index contributed by atoms with van der Waals surface area (Å²) in [5.41, 5.74) is 0. The first-order chi connectivity index (χ1) is 12.1. The number of hydrogen-bond donors (Lipinski definition) is 2. The van der Waals surface area contributed by atoms with Crippen molar-refractivity contribution < 1.29 is 4.79 Å². The Morgan fingerprint density at radius 3 is 2.84 bits per heavy atom. The number of carbonyl (C=O) groups is 1. The van der Waals surface area contributed by atoms with Gasteiger partial charge in [-0.15, -0.1) is 10.2 Å². The lowest BCUT2D eigenvalue weighted by molar-refractivity contribution is 0.227. The fourth-order valence-corrected chi connectivity index (χ4v) is 4.08. The molecule has 0 unspecified atom stereocenters. The van der Waals surface area contributed by atoms with Crippen molar-refractivity contribution in [3.8, 4) is 0 Å². The molecule has 1 aromatic rings. The third kappa shape index (κ3) is 3.81. The van der Waals surface area contributed by atoms with E-state index >= 15 is 0 Å². The quantitative estimate of drug-likeness (QED) is 0.822. The van der Waals surface area contributed by atoms with Crippen LogP contribution in [0.3, 0.4) is 0 Å². The molecule has 0 aromatic carbocycles. The maximum atomic E-state index is 12.6. The molecule has 2 N–H and O–H groups in total. The van der Waals surface area contributed by atoms with Crippen molar-refractivity contribution in [3.05, 3.63) is 11.6 Å². The molecule has 2 aliphatic heterocycles. The van der Waals surface area contributed by atoms with Crippen molar-refractivity contribution in [2.24, 2.45) is 11.8 Å². The first-order valence-corrected chi connectivity index (χ1v) is 9.81. The van der Waals surface area contributed by atoms with Gasteiger partial charge in [0, 0.05) is 38.6 Å². The van der Waals surface area contributed by atoms with E-state index in [0.717, 1.165) is 56.5 Å². The molecule has 2 amide bonds. The SMILES string of the molecule is CC(C)[C@@H](NC(=O)N[C@@H]1CCN(CC2CC2)C1)c1nnc2n1CCC2. The molecular weight excluding hydrogens is 316 g/mol. The van der Waals surface area contributed by atoms with E-state index < -0.39 is 0 Å². The topological polar surface area (TPSA) is 75.1 Å². The summed E-state index contributed by atoms with van der Waals surface area (Å²) in [7, 11) is 0. The van der Waals surface area contributed by atoms with Crippen LogP contribution in [0.15, 0.2) is 0 Å². The summed E-state index contributed by atoms with van der Waals surface area (Å²) in [6, 6.07) is 0.0892. The number of nitrogens with one attached hydrogen (secondary N) is 2. The minimum Gasteiger partial charge on any atom is -0.334 e. The van der Waals surface area contributed by atoms with E-state index in [-0.39, 0.29) is 24.0 Å². The van der Waals surface area contributed by atoms with Gasteiger partial charge in [0.2, 0.25) is 0 Å². The van der Waals surface area contributed by atoms with Crippen molar-refractivity contribution in [1.82, 2.24) is 30.3 Å². The largest absolute Gasteiger partial charge is 0.334 e. The minimum absolute atomic E-state index is 0.0766. The number of amides is 2. The van der Waals surface area contributed by atoms with Crippen molar-refractivity contribution in [1.29, 1.82) is 0 Å². The third-order valence-electron chi connectivity index (χ3n) is 5.69. The lowest BCUT2D eigenvalue weighted by atomic mass is 10.0. The molecular formula is C18H30N6O. The van der Waals surface area contributed by atoms with Gasteiger partial charge in [0.05, 0.1) is 6.04 Å². The van der Waals surface area contributed by atoms with E-state index in [0.29, 0.717) is 0 Å². The van der Waals surface area contributed by atoms with E-state index in [1.165, 1.54) is 19.4 Å². The van der Waals surface area contributed by atoms with Crippen LogP contribution in [0.5, 0.6) is 0 Å². The molecule has 4 rings (SSSR count). The standard InChI is InChI=1S/C18H30N6O/c1-12(2)16(17-22-21-15-4-3-8-24(15)17)20-18(25)19-14-7-9-23(11-14)10-13-5-6-13/h12-14,16H,3-11H2,1-2H3,(H2,19,20,25)/t14-,16-/m1/s1. The summed E-state index contributed by atoms with van der Waals surface area (Å²) in [5.74, 6) is 3.14. The fourth-order valence-electron chi connectivity index (χ4n) is 4.08. The number of urea groups is 1. The van der Waals surface area contributed by atoms with Crippen LogP contribution in [-0.2, 0) is 13.0 Å². The van der Waals surface area contributed by atoms with Gasteiger partial charge in [0.1, 0.15) is 5.82 Å². The van der Waals surface area contributed by atoms with Gasteiger partial charge < -0.3 is 20.1 Å². The van der Waals surface area contributed by atoms with E-state index in [4.69, 9.17) is 0 Å². The molecule has 0 radical (unpaired) electrons. The Hall–Kier alpha value is -1.63. The number of rotatable bonds is 6. The first kappa shape index (κ1) is 16.8. The van der Waals surface area contributed by atoms with Crippen molar-refractivity contribution in [2.45, 2.75) is 64.6 Å². The molecule has 1 aliphatic carbocycles. The Labute approximate surface area is 149 Å². The predicted octanol–water partition coefficient (Wildman–Crippen LogP) is 1.70. The second-order valence-electron chi connectivity index (χ2n) is 8.26. The first-order valence-electron chi connectivity index (χ1n) is 9.81. The Kier molecular flexibility index (Phi) is 4.67. The molecule has 1 aromatic heterocycles. The Morgan fingerprint density at radius 2 is 2.08 bits per heavy atom. The van der Waals surface area contributed by atoms with Crippen LogP contribution in [0, 0.1) is 11.8 Å². The number of aromatic nitrogens is 3. The highest BCUT2D eigenvalue weighted by atomic mass is 16.2. The lowest BCUT2D eigenvalue weighted by Gasteiger charge is -2.23. The smallest absolute Gasteiger partial charge is 0.315 e. The van der Waals surface area contributed by atoms with Gasteiger partial charge in [0.15, 0.2) is 5.82 Å². The molecule has 25 heavy (non-hydrogen) atoms. The molecule has 0 spiro atoms. The van der Waals surface area contributed by atoms with Crippen LogP contribution in [-0.4, -0.2) is 51.4 Å². The fraction of sp³-hybridized carbons (Fsp3) is 0.833. The highest BCUT2D eigenvalue weighted by Gasteiger charge is 2.31. The highest BCUT2D eigenvalue weighted by molar-refractivity contribution is 5.74. The van der Waals surface area contributed by atoms with Crippen LogP contribution in [0.25, 0.3) is 0 Å². The summed E-state index contributed by atoms with van der Waals surface area (Å²) < 4.78 is 2.18. The molecule has 2 fully saturated rings. The molecule has 2 atom stereocenters. The second-order valence-corrected chi connectivity index (χ2v) is 8.26. The summed E-state index contributed by atoms with van der Waals surface area (Å²) >= 11 is 0. The summed E-state index contributed by atoms with van der Waals surface area (Å²) in [6.45, 7) is 8.50. The van der Waals surface area contributed by atoms with Crippen LogP contribution < -0.4 is 10.6 Å². The van der Waals surface area contributed by atoms with E-state index in [1.54, 1.807) is 0 Å². The van der Waals surface area contributed by atoms with Gasteiger partial charge in [0.25, 0.3) is 0 Å². The Bertz CT molecular complexity index is 623. The van der Waals surface area contributed by atoms with Crippen LogP contribution in [0.2, 0.25) is 0 Å². The van der Waals surface area contributed by atoms with Crippen LogP contribution >= 0.6 is 0 Å². The molecule has 7 heteroatoms. The average molecular weight is 346 g/mol. The molecule has 3 aliphatic rings. The summed E-state index contributed by atoms with van der Waals surface area (Å²) in [6.07, 6.45) is 5.92. The van der Waals surface area contributed by atoms with Gasteiger partial charge in [-0.25, -0.2) is 4.79 Å². The van der Waals surface area contributed by atoms with E-state index in [1.807, 2.05) is 0 Å². The zero-order valence-corrected chi connectivity index (χ0v) is 15.4. The minimum atomic E-state index is -0.0941. The molecule has 138 valence electrons. The van der Waals surface area contributed by atoms with Gasteiger partial charge in [-0.1, -0.05) is 13.8 Å². The average Bonchev–Trinajstić information content (AvgIpc) is 2.96. The monoisotopic (exact) mass is 346 g/mol. The molecule has 3 heterocycles. The van der Waals surface area contributed by atoms with E-state index in [2.05, 4.69) is 44.1 Å². The summed E-state index contributed by atoms with van der Waals surface area (Å²) in [5, 5.41) is 15.0. The number of carbonyl (C=O) groups excluding carboxylic acids is 1.